The molecule has 1 aromatic rings. The summed E-state index contributed by atoms with van der Waals surface area (Å²) in [6.07, 6.45) is 2.05. The van der Waals surface area contributed by atoms with Crippen LogP contribution in [0.2, 0.25) is 0 Å². The fourth-order valence-corrected chi connectivity index (χ4v) is 3.13. The predicted octanol–water partition coefficient (Wildman–Crippen LogP) is 1.86. The van der Waals surface area contributed by atoms with E-state index in [2.05, 4.69) is 40.7 Å². The molecule has 1 aliphatic heterocycles. The molecule has 0 spiro atoms. The molecule has 1 heterocycles. The summed E-state index contributed by atoms with van der Waals surface area (Å²) in [5.74, 6) is 1.72. The zero-order chi connectivity index (χ0) is 18.1. The summed E-state index contributed by atoms with van der Waals surface area (Å²) >= 11 is 0. The first kappa shape index (κ1) is 19.5. The monoisotopic (exact) mass is 348 g/mol. The van der Waals surface area contributed by atoms with E-state index in [0.29, 0.717) is 13.2 Å². The second kappa shape index (κ2) is 9.63. The van der Waals surface area contributed by atoms with E-state index < -0.39 is 0 Å². The highest BCUT2D eigenvalue weighted by Gasteiger charge is 2.34. The van der Waals surface area contributed by atoms with Crippen molar-refractivity contribution in [3.63, 3.8) is 0 Å². The number of hydrogen-bond acceptors (Lipinski definition) is 4. The Labute approximate surface area is 151 Å². The number of ether oxygens (including phenoxy) is 2. The first-order chi connectivity index (χ1) is 12.1. The average molecular weight is 348 g/mol. The molecule has 0 saturated carbocycles. The Kier molecular flexibility index (Phi) is 7.52. The van der Waals surface area contributed by atoms with Crippen molar-refractivity contribution in [3.05, 3.63) is 29.8 Å². The topological polar surface area (TPSA) is 58.1 Å². The van der Waals surface area contributed by atoms with Crippen LogP contribution < -0.4 is 15.4 Å². The highest BCUT2D eigenvalue weighted by Crippen LogP contribution is 2.25. The first-order valence-corrected chi connectivity index (χ1v) is 9.01. The maximum atomic E-state index is 5.68. The zero-order valence-electron chi connectivity index (χ0n) is 16.0. The van der Waals surface area contributed by atoms with Gasteiger partial charge in [0.1, 0.15) is 5.75 Å². The van der Waals surface area contributed by atoms with Gasteiger partial charge in [0.25, 0.3) is 0 Å². The van der Waals surface area contributed by atoms with E-state index in [1.807, 2.05) is 25.1 Å². The first-order valence-electron chi connectivity index (χ1n) is 9.01. The van der Waals surface area contributed by atoms with Crippen LogP contribution in [0.15, 0.2) is 29.3 Å². The van der Waals surface area contributed by atoms with Crippen LogP contribution in [-0.4, -0.2) is 63.9 Å². The summed E-state index contributed by atoms with van der Waals surface area (Å²) in [5.41, 5.74) is 1.24. The van der Waals surface area contributed by atoms with Gasteiger partial charge in [-0.05, 0) is 39.9 Å². The van der Waals surface area contributed by atoms with Crippen molar-refractivity contribution in [2.45, 2.75) is 31.8 Å². The van der Waals surface area contributed by atoms with Gasteiger partial charge in [-0.2, -0.15) is 0 Å². The van der Waals surface area contributed by atoms with Gasteiger partial charge < -0.3 is 25.0 Å². The maximum absolute atomic E-state index is 5.68. The molecule has 0 amide bonds. The molecule has 2 N–H and O–H groups in total. The van der Waals surface area contributed by atoms with E-state index in [4.69, 9.17) is 9.47 Å². The molecule has 25 heavy (non-hydrogen) atoms. The lowest BCUT2D eigenvalue weighted by Gasteiger charge is -2.43. The zero-order valence-corrected chi connectivity index (χ0v) is 16.0. The summed E-state index contributed by atoms with van der Waals surface area (Å²) in [4.78, 5) is 6.66. The highest BCUT2D eigenvalue weighted by molar-refractivity contribution is 5.79. The number of likely N-dealkylation sites (N-methyl/N-ethyl adjacent to an activating group) is 1. The van der Waals surface area contributed by atoms with Crippen LogP contribution in [0.1, 0.15) is 25.3 Å². The summed E-state index contributed by atoms with van der Waals surface area (Å²) in [5, 5.41) is 6.87. The normalized spacial score (nSPS) is 17.4. The molecular formula is C19H32N4O2. The van der Waals surface area contributed by atoms with Crippen LogP contribution in [0.5, 0.6) is 5.75 Å². The molecule has 6 nitrogen and oxygen atoms in total. The second-order valence-electron chi connectivity index (χ2n) is 6.55. The van der Waals surface area contributed by atoms with Crippen molar-refractivity contribution in [2.24, 2.45) is 4.99 Å². The van der Waals surface area contributed by atoms with Crippen molar-refractivity contribution in [3.8, 4) is 5.75 Å². The predicted molar refractivity (Wildman–Crippen MR) is 102 cm³/mol. The average Bonchev–Trinajstić information content (AvgIpc) is 2.64. The molecule has 0 aliphatic carbocycles. The molecular weight excluding hydrogens is 316 g/mol. The standard InChI is InChI=1S/C19H32N4O2/c1-5-25-17-9-7-6-8-16(17)14-21-18(20-2)22-15-19(23(3)4)10-12-24-13-11-19/h6-9H,5,10-15H2,1-4H3,(H2,20,21,22). The third kappa shape index (κ3) is 5.34. The third-order valence-electron chi connectivity index (χ3n) is 4.90. The van der Waals surface area contributed by atoms with Gasteiger partial charge in [0.05, 0.1) is 6.61 Å². The van der Waals surface area contributed by atoms with Gasteiger partial charge in [0.2, 0.25) is 0 Å². The van der Waals surface area contributed by atoms with Crippen molar-refractivity contribution >= 4 is 5.96 Å². The van der Waals surface area contributed by atoms with Gasteiger partial charge in [-0.1, -0.05) is 18.2 Å². The van der Waals surface area contributed by atoms with Gasteiger partial charge in [-0.3, -0.25) is 4.99 Å². The number of rotatable bonds is 7. The van der Waals surface area contributed by atoms with E-state index in [9.17, 15) is 0 Å². The molecule has 2 rings (SSSR count). The van der Waals surface area contributed by atoms with E-state index in [-0.39, 0.29) is 5.54 Å². The van der Waals surface area contributed by atoms with Crippen molar-refractivity contribution in [1.82, 2.24) is 15.5 Å². The molecule has 0 unspecified atom stereocenters. The van der Waals surface area contributed by atoms with Crippen LogP contribution in [-0.2, 0) is 11.3 Å². The van der Waals surface area contributed by atoms with Gasteiger partial charge >= 0.3 is 0 Å². The lowest BCUT2D eigenvalue weighted by Crippen LogP contribution is -2.57. The van der Waals surface area contributed by atoms with E-state index in [1.165, 1.54) is 0 Å². The molecule has 6 heteroatoms. The number of nitrogens with zero attached hydrogens (tertiary/aromatic N) is 2. The Morgan fingerprint density at radius 2 is 1.96 bits per heavy atom. The fraction of sp³-hybridized carbons (Fsp3) is 0.632. The molecule has 0 bridgehead atoms. The largest absolute Gasteiger partial charge is 0.494 e. The molecule has 1 fully saturated rings. The van der Waals surface area contributed by atoms with Gasteiger partial charge in [-0.15, -0.1) is 0 Å². The van der Waals surface area contributed by atoms with E-state index >= 15 is 0 Å². The number of nitrogens with one attached hydrogen (secondary N) is 2. The number of benzene rings is 1. The quantitative estimate of drug-likeness (QED) is 0.582. The SMILES string of the molecule is CCOc1ccccc1CNC(=NC)NCC1(N(C)C)CCOCC1. The van der Waals surface area contributed by atoms with Gasteiger partial charge in [0, 0.05) is 44.5 Å². The van der Waals surface area contributed by atoms with Crippen molar-refractivity contribution in [1.29, 1.82) is 0 Å². The summed E-state index contributed by atoms with van der Waals surface area (Å²) in [7, 11) is 6.08. The Balaban J connectivity index is 1.92. The third-order valence-corrected chi connectivity index (χ3v) is 4.90. The summed E-state index contributed by atoms with van der Waals surface area (Å²) < 4.78 is 11.2. The lowest BCUT2D eigenvalue weighted by molar-refractivity contribution is -0.00501. The van der Waals surface area contributed by atoms with Crippen molar-refractivity contribution in [2.75, 3.05) is 47.5 Å². The smallest absolute Gasteiger partial charge is 0.191 e. The van der Waals surface area contributed by atoms with Crippen LogP contribution >= 0.6 is 0 Å². The Morgan fingerprint density at radius 3 is 2.60 bits per heavy atom. The number of guanidine groups is 1. The molecule has 140 valence electrons. The maximum Gasteiger partial charge on any atom is 0.191 e. The minimum Gasteiger partial charge on any atom is -0.494 e. The second-order valence-corrected chi connectivity index (χ2v) is 6.55. The van der Waals surface area contributed by atoms with E-state index in [1.54, 1.807) is 7.05 Å². The Morgan fingerprint density at radius 1 is 1.24 bits per heavy atom. The molecule has 0 aromatic heterocycles. The number of hydrogen-bond donors (Lipinski definition) is 2. The minimum atomic E-state index is 0.110. The summed E-state index contributed by atoms with van der Waals surface area (Å²) in [6, 6.07) is 8.09. The van der Waals surface area contributed by atoms with Gasteiger partial charge in [-0.25, -0.2) is 0 Å². The molecule has 1 aliphatic rings. The molecule has 1 saturated heterocycles. The highest BCUT2D eigenvalue weighted by atomic mass is 16.5. The van der Waals surface area contributed by atoms with Crippen LogP contribution in [0, 0.1) is 0 Å². The van der Waals surface area contributed by atoms with Crippen molar-refractivity contribution < 1.29 is 9.47 Å². The molecule has 1 aromatic carbocycles. The minimum absolute atomic E-state index is 0.110. The van der Waals surface area contributed by atoms with E-state index in [0.717, 1.165) is 49.9 Å². The molecule has 0 radical (unpaired) electrons. The fourth-order valence-electron chi connectivity index (χ4n) is 3.13. The Bertz CT molecular complexity index is 554. The van der Waals surface area contributed by atoms with Crippen LogP contribution in [0.25, 0.3) is 0 Å². The number of para-hydroxylation sites is 1. The summed E-state index contributed by atoms with van der Waals surface area (Å²) in [6.45, 7) is 5.81. The van der Waals surface area contributed by atoms with Crippen LogP contribution in [0.4, 0.5) is 0 Å². The van der Waals surface area contributed by atoms with Gasteiger partial charge in [0.15, 0.2) is 5.96 Å². The molecule has 0 atom stereocenters. The van der Waals surface area contributed by atoms with Crippen LogP contribution in [0.3, 0.4) is 0 Å². The Hall–Kier alpha value is -1.79. The lowest BCUT2D eigenvalue weighted by atomic mass is 9.88. The number of aliphatic imine (C=N–C) groups is 1.